The number of hydrogen-bond acceptors (Lipinski definition) is 7. The van der Waals surface area contributed by atoms with E-state index in [2.05, 4.69) is 20.9 Å². The quantitative estimate of drug-likeness (QED) is 0.309. The zero-order chi connectivity index (χ0) is 21.6. The number of carbonyl (C=O) groups excluding carboxylic acids is 1. The van der Waals surface area contributed by atoms with E-state index in [-0.39, 0.29) is 12.3 Å². The highest BCUT2D eigenvalue weighted by Gasteiger charge is 2.16. The van der Waals surface area contributed by atoms with Crippen molar-refractivity contribution >= 4 is 34.7 Å². The van der Waals surface area contributed by atoms with Crippen LogP contribution in [0.1, 0.15) is 24.8 Å². The van der Waals surface area contributed by atoms with Crippen molar-refractivity contribution in [3.05, 3.63) is 42.1 Å². The monoisotopic (exact) mass is 422 g/mol. The standard InChI is InChI=1S/C23H30N6O2/c1-17-15-19(18(16-21(17)31)24-9-14-30)26-22-20-7-3-6-12-29(20)27-23(22)25-8-13-28-10-4-2-5-11-28/h3,6-7,12,14-16,24,26,31H,2,4-5,8-11,13H2,1H3,(H,25,27). The fraction of sp³-hybridized carbons (Fsp3) is 0.391. The molecule has 1 aliphatic heterocycles. The first-order valence-corrected chi connectivity index (χ1v) is 10.9. The lowest BCUT2D eigenvalue weighted by Gasteiger charge is -2.26. The van der Waals surface area contributed by atoms with Crippen molar-refractivity contribution in [1.82, 2.24) is 14.5 Å². The summed E-state index contributed by atoms with van der Waals surface area (Å²) in [4.78, 5) is 13.4. The van der Waals surface area contributed by atoms with Gasteiger partial charge in [-0.1, -0.05) is 12.5 Å². The van der Waals surface area contributed by atoms with Crippen LogP contribution in [-0.4, -0.2) is 58.6 Å². The highest BCUT2D eigenvalue weighted by atomic mass is 16.3. The molecule has 0 bridgehead atoms. The van der Waals surface area contributed by atoms with Crippen molar-refractivity contribution in [1.29, 1.82) is 0 Å². The van der Waals surface area contributed by atoms with Gasteiger partial charge >= 0.3 is 0 Å². The second-order valence-corrected chi connectivity index (χ2v) is 7.94. The molecule has 1 saturated heterocycles. The number of aromatic nitrogens is 2. The number of hydrogen-bond donors (Lipinski definition) is 4. The van der Waals surface area contributed by atoms with E-state index in [9.17, 15) is 9.90 Å². The number of aldehydes is 1. The summed E-state index contributed by atoms with van der Waals surface area (Å²) in [6, 6.07) is 9.44. The summed E-state index contributed by atoms with van der Waals surface area (Å²) in [6.45, 7) is 6.12. The zero-order valence-electron chi connectivity index (χ0n) is 17.9. The highest BCUT2D eigenvalue weighted by molar-refractivity contribution is 5.90. The van der Waals surface area contributed by atoms with Gasteiger partial charge in [-0.3, -0.25) is 0 Å². The fourth-order valence-electron chi connectivity index (χ4n) is 3.99. The maximum absolute atomic E-state index is 10.9. The van der Waals surface area contributed by atoms with Gasteiger partial charge in [0, 0.05) is 25.4 Å². The molecule has 0 saturated carbocycles. The molecule has 8 nitrogen and oxygen atoms in total. The molecule has 1 fully saturated rings. The van der Waals surface area contributed by atoms with Crippen molar-refractivity contribution in [2.45, 2.75) is 26.2 Å². The zero-order valence-corrected chi connectivity index (χ0v) is 17.9. The average Bonchev–Trinajstić information content (AvgIpc) is 3.13. The lowest BCUT2D eigenvalue weighted by atomic mass is 10.1. The van der Waals surface area contributed by atoms with E-state index in [0.29, 0.717) is 5.69 Å². The third-order valence-corrected chi connectivity index (χ3v) is 5.68. The molecule has 2 aromatic heterocycles. The Labute approximate surface area is 182 Å². The van der Waals surface area contributed by atoms with Crippen molar-refractivity contribution in [3.8, 4) is 5.75 Å². The molecule has 0 aliphatic carbocycles. The van der Waals surface area contributed by atoms with Gasteiger partial charge < -0.3 is 30.8 Å². The van der Waals surface area contributed by atoms with E-state index in [1.807, 2.05) is 41.9 Å². The minimum Gasteiger partial charge on any atom is -0.508 e. The van der Waals surface area contributed by atoms with Crippen LogP contribution in [-0.2, 0) is 4.79 Å². The van der Waals surface area contributed by atoms with Gasteiger partial charge in [0.05, 0.1) is 23.4 Å². The lowest BCUT2D eigenvalue weighted by molar-refractivity contribution is -0.106. The van der Waals surface area contributed by atoms with Gasteiger partial charge in [-0.05, 0) is 56.6 Å². The molecule has 3 aromatic rings. The van der Waals surface area contributed by atoms with Gasteiger partial charge in [0.25, 0.3) is 0 Å². The number of rotatable bonds is 9. The molecule has 4 N–H and O–H groups in total. The minimum atomic E-state index is 0.160. The van der Waals surface area contributed by atoms with E-state index in [1.165, 1.54) is 19.3 Å². The van der Waals surface area contributed by atoms with Crippen molar-refractivity contribution in [3.63, 3.8) is 0 Å². The molecule has 1 aromatic carbocycles. The van der Waals surface area contributed by atoms with Gasteiger partial charge in [0.1, 0.15) is 17.7 Å². The van der Waals surface area contributed by atoms with Crippen LogP contribution in [0.5, 0.6) is 5.75 Å². The predicted molar refractivity (Wildman–Crippen MR) is 125 cm³/mol. The fourth-order valence-corrected chi connectivity index (χ4v) is 3.99. The molecule has 1 aliphatic rings. The number of benzene rings is 1. The van der Waals surface area contributed by atoms with Crippen molar-refractivity contribution < 1.29 is 9.90 Å². The first-order valence-electron chi connectivity index (χ1n) is 10.9. The Morgan fingerprint density at radius 1 is 1.13 bits per heavy atom. The van der Waals surface area contributed by atoms with E-state index in [0.717, 1.165) is 60.7 Å². The molecule has 0 spiro atoms. The molecule has 3 heterocycles. The lowest BCUT2D eigenvalue weighted by Crippen LogP contribution is -2.33. The maximum Gasteiger partial charge on any atom is 0.173 e. The molecule has 8 heteroatoms. The van der Waals surface area contributed by atoms with Gasteiger partial charge in [-0.2, -0.15) is 0 Å². The van der Waals surface area contributed by atoms with Crippen LogP contribution < -0.4 is 16.0 Å². The van der Waals surface area contributed by atoms with Crippen LogP contribution in [0.25, 0.3) is 5.52 Å². The highest BCUT2D eigenvalue weighted by Crippen LogP contribution is 2.36. The summed E-state index contributed by atoms with van der Waals surface area (Å²) in [7, 11) is 0. The molecule has 164 valence electrons. The summed E-state index contributed by atoms with van der Waals surface area (Å²) in [5, 5.41) is 24.9. The van der Waals surface area contributed by atoms with Crippen LogP contribution in [0.2, 0.25) is 0 Å². The van der Waals surface area contributed by atoms with E-state index in [1.54, 1.807) is 6.07 Å². The van der Waals surface area contributed by atoms with Crippen molar-refractivity contribution in [2.75, 3.05) is 48.7 Å². The van der Waals surface area contributed by atoms with E-state index < -0.39 is 0 Å². The second-order valence-electron chi connectivity index (χ2n) is 7.94. The number of phenols is 1. The number of phenolic OH excluding ortho intramolecular Hbond substituents is 1. The Hall–Kier alpha value is -3.26. The number of likely N-dealkylation sites (tertiary alicyclic amines) is 1. The summed E-state index contributed by atoms with van der Waals surface area (Å²) >= 11 is 0. The number of piperidine rings is 1. The third kappa shape index (κ3) is 4.91. The molecular weight excluding hydrogens is 392 g/mol. The summed E-state index contributed by atoms with van der Waals surface area (Å²) in [5.74, 6) is 0.953. The number of anilines is 4. The van der Waals surface area contributed by atoms with Gasteiger partial charge in [0.2, 0.25) is 0 Å². The largest absolute Gasteiger partial charge is 0.508 e. The molecule has 0 amide bonds. The van der Waals surface area contributed by atoms with Crippen molar-refractivity contribution in [2.24, 2.45) is 0 Å². The van der Waals surface area contributed by atoms with Crippen LogP contribution in [0.3, 0.4) is 0 Å². The molecule has 0 radical (unpaired) electrons. The number of pyridine rings is 1. The molecule has 31 heavy (non-hydrogen) atoms. The Bertz CT molecular complexity index is 1040. The number of nitrogens with one attached hydrogen (secondary N) is 3. The maximum atomic E-state index is 10.9. The number of aryl methyl sites for hydroxylation is 1. The summed E-state index contributed by atoms with van der Waals surface area (Å²) in [6.07, 6.45) is 6.60. The molecule has 4 rings (SSSR count). The first kappa shape index (κ1) is 21.0. The van der Waals surface area contributed by atoms with Crippen LogP contribution in [0.4, 0.5) is 22.9 Å². The number of fused-ring (bicyclic) bond motifs is 1. The number of nitrogens with zero attached hydrogens (tertiary/aromatic N) is 3. The third-order valence-electron chi connectivity index (χ3n) is 5.68. The Morgan fingerprint density at radius 2 is 1.97 bits per heavy atom. The van der Waals surface area contributed by atoms with Crippen LogP contribution >= 0.6 is 0 Å². The SMILES string of the molecule is Cc1cc(Nc2c(NCCN3CCCCC3)nn3ccccc23)c(NCC=O)cc1O. The molecule has 0 unspecified atom stereocenters. The number of aromatic hydroxyl groups is 1. The van der Waals surface area contributed by atoms with Gasteiger partial charge in [-0.25, -0.2) is 4.52 Å². The van der Waals surface area contributed by atoms with Gasteiger partial charge in [-0.15, -0.1) is 5.10 Å². The Kier molecular flexibility index (Phi) is 6.57. The smallest absolute Gasteiger partial charge is 0.173 e. The Balaban J connectivity index is 1.60. The van der Waals surface area contributed by atoms with Crippen LogP contribution in [0.15, 0.2) is 36.5 Å². The minimum absolute atomic E-state index is 0.160. The molecule has 0 atom stereocenters. The van der Waals surface area contributed by atoms with E-state index in [4.69, 9.17) is 5.10 Å². The summed E-state index contributed by atoms with van der Waals surface area (Å²) < 4.78 is 1.84. The normalized spacial score (nSPS) is 14.5. The van der Waals surface area contributed by atoms with Crippen LogP contribution in [0, 0.1) is 6.92 Å². The molecular formula is C23H30N6O2. The average molecular weight is 423 g/mol. The predicted octanol–water partition coefficient (Wildman–Crippen LogP) is 3.60. The van der Waals surface area contributed by atoms with Gasteiger partial charge in [0.15, 0.2) is 5.82 Å². The first-order chi connectivity index (χ1) is 15.2. The second kappa shape index (κ2) is 9.70. The summed E-state index contributed by atoms with van der Waals surface area (Å²) in [5.41, 5.74) is 3.98. The van der Waals surface area contributed by atoms with E-state index >= 15 is 0 Å². The Morgan fingerprint density at radius 3 is 2.77 bits per heavy atom. The number of carbonyl (C=O) groups is 1. The topological polar surface area (TPSA) is 93.9 Å².